The number of cyclic esters (lactones) is 1. The van der Waals surface area contributed by atoms with Crippen LogP contribution in [0.5, 0.6) is 0 Å². The molecule has 4 aliphatic heterocycles. The van der Waals surface area contributed by atoms with E-state index in [0.717, 1.165) is 90.9 Å². The number of rotatable bonds is 19. The Morgan fingerprint density at radius 2 is 0.991 bits per heavy atom. The highest BCUT2D eigenvalue weighted by Gasteiger charge is 2.48. The van der Waals surface area contributed by atoms with Crippen molar-refractivity contribution in [3.63, 3.8) is 0 Å². The smallest absolute Gasteiger partial charge is 0.332 e. The van der Waals surface area contributed by atoms with E-state index in [-0.39, 0.29) is 44.6 Å². The Labute approximate surface area is 650 Å². The zero-order valence-electron chi connectivity index (χ0n) is 69.1. The summed E-state index contributed by atoms with van der Waals surface area (Å²) in [4.78, 5) is 156. The number of nitrogens with zero attached hydrogens (tertiary/aromatic N) is 9. The average Bonchev–Trinajstić information content (AvgIpc) is 1.81. The summed E-state index contributed by atoms with van der Waals surface area (Å²) in [5.41, 5.74) is 5.28. The second kappa shape index (κ2) is 38.1. The van der Waals surface area contributed by atoms with E-state index in [2.05, 4.69) is 106 Å². The number of piperazine rings is 2. The van der Waals surface area contributed by atoms with Crippen molar-refractivity contribution in [3.8, 4) is 22.3 Å². The number of aliphatic hydroxyl groups is 1. The summed E-state index contributed by atoms with van der Waals surface area (Å²) in [7, 11) is 5.88. The van der Waals surface area contributed by atoms with E-state index in [1.165, 1.54) is 54.6 Å². The molecular weight excluding hydrogens is 1380 g/mol. The maximum absolute atomic E-state index is 16.4. The van der Waals surface area contributed by atoms with Gasteiger partial charge >= 0.3 is 5.97 Å². The predicted octanol–water partition coefficient (Wildman–Crippen LogP) is 9.86. The van der Waals surface area contributed by atoms with Crippen molar-refractivity contribution in [1.82, 2.24) is 44.9 Å². The molecule has 0 spiro atoms. The number of carbonyl (C=O) groups is 9. The van der Waals surface area contributed by atoms with Crippen molar-refractivity contribution >= 4 is 64.5 Å². The Bertz CT molecular complexity index is 3760. The number of nitrogens with one attached hydrogen (secondary N) is 2. The number of fused-ring (bicyclic) bond motifs is 1. The average molecular weight is 1510 g/mol. The SMILES string of the molecule is CC[C@H](C)[C@@H]1NC(=O)[C@@H]2CCCN2C(=O)[C@H](Cc2cccc(-c3ccc(N4CCN(C(C)C)CC4)cc3)c2)N(C)C(=O)[C@H](Cc2cccc(-c3ccc(N4CCN(C(C)C)CC4)cc3)c2)NC(=O)[C@H](C(C)C)N(C)C(=O)[C@@H]([C@@H](C)CC)OC(=O)[C@H](C(C)(C)O)N(C)C(=O)[C@H](CC(C)C)CC(=O)[C@H](C(C)C)N(C)C1=O. The molecule has 0 saturated carbocycles. The number of Topliss-reactive ketones (excluding diaryl/α,β-unsaturated/α-hetero) is 1. The molecule has 22 heteroatoms. The standard InChI is InChI=1S/C87H129N11O11/c1-21-59(13)74-84(105)91(18)75(55(5)6)73(99)53-67(48-54(3)4)81(102)93(20)78(87(15,16)108)86(107)109-77(60(14)22-2)85(106)92(19)76(56(7)8)80(101)88-70(51-61-26-23-28-65(49-61)63-31-35-68(36-32-63)96-44-40-94(41-45-96)57(9)10)82(103)90(17)72(83(104)98-39-25-30-71(98)79(100)89-74)52-62-27-24-29-66(50-62)64-33-37-69(38-34-64)97-46-42-95(43-47-97)58(11)12/h23-24,26-29,31-38,49-50,54-60,67,70-72,74-78,108H,21-22,25,30,39-48,51-53H2,1-20H3,(H,88,101)(H,89,100)/t59-,60-,67+,70-,71-,72-,74-,75-,76-,77+,78+/m0/s1. The first-order valence-corrected chi connectivity index (χ1v) is 40.3. The molecule has 0 bridgehead atoms. The maximum atomic E-state index is 16.4. The van der Waals surface area contributed by atoms with Gasteiger partial charge in [-0.15, -0.1) is 0 Å². The highest BCUT2D eigenvalue weighted by Crippen LogP contribution is 2.33. The fourth-order valence-corrected chi connectivity index (χ4v) is 16.6. The molecule has 4 fully saturated rings. The van der Waals surface area contributed by atoms with Crippen molar-refractivity contribution < 1.29 is 53.0 Å². The summed E-state index contributed by atoms with van der Waals surface area (Å²) in [5.74, 6) is -9.34. The minimum Gasteiger partial charge on any atom is -0.450 e. The molecule has 7 amide bonds. The largest absolute Gasteiger partial charge is 0.450 e. The number of carbonyl (C=O) groups excluding carboxylic acids is 9. The fourth-order valence-electron chi connectivity index (χ4n) is 16.6. The molecular formula is C87H129N11O11. The summed E-state index contributed by atoms with van der Waals surface area (Å²) in [6.45, 7) is 37.5. The Balaban J connectivity index is 1.25. The third kappa shape index (κ3) is 21.3. The molecule has 0 aromatic heterocycles. The number of ketones is 1. The van der Waals surface area contributed by atoms with Crippen LogP contribution in [0.25, 0.3) is 22.3 Å². The molecule has 598 valence electrons. The Morgan fingerprint density at radius 1 is 0.505 bits per heavy atom. The normalized spacial score (nSPS) is 24.7. The van der Waals surface area contributed by atoms with Crippen LogP contribution < -0.4 is 20.4 Å². The predicted molar refractivity (Wildman–Crippen MR) is 431 cm³/mol. The molecule has 3 N–H and O–H groups in total. The number of esters is 1. The van der Waals surface area contributed by atoms with Gasteiger partial charge < -0.3 is 54.8 Å². The van der Waals surface area contributed by atoms with Crippen LogP contribution in [0.4, 0.5) is 11.4 Å². The molecule has 0 aliphatic carbocycles. The van der Waals surface area contributed by atoms with Gasteiger partial charge in [-0.2, -0.15) is 0 Å². The van der Waals surface area contributed by atoms with Crippen molar-refractivity contribution in [2.75, 3.05) is 96.9 Å². The quantitative estimate of drug-likeness (QED) is 0.0741. The second-order valence-corrected chi connectivity index (χ2v) is 33.7. The summed E-state index contributed by atoms with van der Waals surface area (Å²) in [6.07, 6.45) is -0.376. The van der Waals surface area contributed by atoms with Gasteiger partial charge in [0.05, 0.1) is 11.6 Å². The molecule has 0 radical (unpaired) electrons. The van der Waals surface area contributed by atoms with Crippen molar-refractivity contribution in [2.24, 2.45) is 35.5 Å². The zero-order chi connectivity index (χ0) is 80.2. The number of benzene rings is 4. The summed E-state index contributed by atoms with van der Waals surface area (Å²) in [6, 6.07) is 24.4. The molecule has 22 nitrogen and oxygen atoms in total. The van der Waals surface area contributed by atoms with Gasteiger partial charge in [0.2, 0.25) is 35.4 Å². The first kappa shape index (κ1) is 86.4. The molecule has 4 heterocycles. The topological polar surface area (TPSA) is 236 Å². The lowest BCUT2D eigenvalue weighted by atomic mass is 9.85. The number of amides is 7. The van der Waals surface area contributed by atoms with Crippen molar-refractivity contribution in [2.45, 2.75) is 228 Å². The Hall–Kier alpha value is -8.21. The van der Waals surface area contributed by atoms with Gasteiger partial charge in [0, 0.05) is 142 Å². The molecule has 0 unspecified atom stereocenters. The number of hydrogen-bond donors (Lipinski definition) is 3. The van der Waals surface area contributed by atoms with Gasteiger partial charge in [0.15, 0.2) is 17.9 Å². The van der Waals surface area contributed by atoms with Crippen LogP contribution in [0, 0.1) is 35.5 Å². The first-order valence-electron chi connectivity index (χ1n) is 40.3. The maximum Gasteiger partial charge on any atom is 0.332 e. The van der Waals surface area contributed by atoms with E-state index < -0.39 is 137 Å². The number of likely N-dealkylation sites (N-methyl/N-ethyl adjacent to an activating group) is 4. The lowest BCUT2D eigenvalue weighted by Crippen LogP contribution is -2.61. The molecule has 4 saturated heterocycles. The Kier molecular flexibility index (Phi) is 30.2. The van der Waals surface area contributed by atoms with E-state index in [9.17, 15) is 5.11 Å². The van der Waals surface area contributed by atoms with Gasteiger partial charge in [-0.05, 0) is 149 Å². The zero-order valence-corrected chi connectivity index (χ0v) is 69.1. The molecule has 8 rings (SSSR count). The lowest BCUT2D eigenvalue weighted by Gasteiger charge is -2.39. The van der Waals surface area contributed by atoms with E-state index in [1.807, 2.05) is 83.1 Å². The monoisotopic (exact) mass is 1500 g/mol. The van der Waals surface area contributed by atoms with Gasteiger partial charge in [-0.1, -0.05) is 148 Å². The molecule has 4 aromatic rings. The number of anilines is 2. The van der Waals surface area contributed by atoms with E-state index >= 15 is 43.2 Å². The van der Waals surface area contributed by atoms with Crippen LogP contribution in [0.3, 0.4) is 0 Å². The number of ether oxygens (including phenoxy) is 1. The Morgan fingerprint density at radius 3 is 1.45 bits per heavy atom. The molecule has 4 aromatic carbocycles. The van der Waals surface area contributed by atoms with Gasteiger partial charge in [-0.25, -0.2) is 4.79 Å². The minimum absolute atomic E-state index is 0.0176. The minimum atomic E-state index is -1.98. The molecule has 11 atom stereocenters. The summed E-state index contributed by atoms with van der Waals surface area (Å²) in [5, 5.41) is 18.2. The van der Waals surface area contributed by atoms with Crippen molar-refractivity contribution in [3.05, 3.63) is 108 Å². The van der Waals surface area contributed by atoms with Crippen LogP contribution in [-0.2, 0) is 60.7 Å². The van der Waals surface area contributed by atoms with Gasteiger partial charge in [0.25, 0.3) is 5.91 Å². The highest BCUT2D eigenvalue weighted by atomic mass is 16.6. The van der Waals surface area contributed by atoms with Crippen LogP contribution >= 0.6 is 0 Å². The first-order chi connectivity index (χ1) is 51.4. The summed E-state index contributed by atoms with van der Waals surface area (Å²) >= 11 is 0. The van der Waals surface area contributed by atoms with Crippen LogP contribution in [-0.4, -0.2) is 246 Å². The van der Waals surface area contributed by atoms with Crippen LogP contribution in [0.2, 0.25) is 0 Å². The third-order valence-corrected chi connectivity index (χ3v) is 23.5. The lowest BCUT2D eigenvalue weighted by molar-refractivity contribution is -0.178. The van der Waals surface area contributed by atoms with Gasteiger partial charge in [0.1, 0.15) is 30.2 Å². The van der Waals surface area contributed by atoms with Crippen molar-refractivity contribution in [1.29, 1.82) is 0 Å². The molecule has 109 heavy (non-hydrogen) atoms. The fraction of sp³-hybridized carbons (Fsp3) is 0.621. The molecule has 4 aliphatic rings. The number of hydrogen-bond acceptors (Lipinski definition) is 15. The van der Waals surface area contributed by atoms with E-state index in [0.29, 0.717) is 42.5 Å². The van der Waals surface area contributed by atoms with Crippen LogP contribution in [0.15, 0.2) is 97.1 Å². The second-order valence-electron chi connectivity index (χ2n) is 33.7. The third-order valence-electron chi connectivity index (χ3n) is 23.5. The van der Waals surface area contributed by atoms with E-state index in [1.54, 1.807) is 41.7 Å². The van der Waals surface area contributed by atoms with E-state index in [4.69, 9.17) is 4.74 Å². The highest BCUT2D eigenvalue weighted by molar-refractivity contribution is 5.99. The summed E-state index contributed by atoms with van der Waals surface area (Å²) < 4.78 is 6.27. The van der Waals surface area contributed by atoms with Crippen LogP contribution in [0.1, 0.15) is 160 Å². The van der Waals surface area contributed by atoms with Gasteiger partial charge in [-0.3, -0.25) is 48.2 Å².